The summed E-state index contributed by atoms with van der Waals surface area (Å²) in [4.78, 5) is 7.94. The first-order chi connectivity index (χ1) is 14.3. The number of fused-ring (bicyclic) bond motifs is 3. The number of nitrogens with one attached hydrogen (secondary N) is 1. The van der Waals surface area contributed by atoms with E-state index in [4.69, 9.17) is 21.7 Å². The van der Waals surface area contributed by atoms with E-state index in [9.17, 15) is 0 Å². The SMILES string of the molecule is S=c1c(-c2ccc3ccccc3c2)cnc2[nH]c(-c3ccc4c(c3)OCO4)cn12. The fraction of sp³-hybridized carbons (Fsp3) is 0.0435. The van der Waals surface area contributed by atoms with E-state index in [1.807, 2.05) is 47.1 Å². The number of hydrogen-bond acceptors (Lipinski definition) is 4. The molecule has 0 amide bonds. The summed E-state index contributed by atoms with van der Waals surface area (Å²) in [5.41, 5.74) is 3.89. The van der Waals surface area contributed by atoms with Gasteiger partial charge in [0.15, 0.2) is 11.5 Å². The van der Waals surface area contributed by atoms with Gasteiger partial charge in [-0.05, 0) is 40.6 Å². The normalized spacial score (nSPS) is 12.7. The first-order valence-electron chi connectivity index (χ1n) is 9.26. The smallest absolute Gasteiger partial charge is 0.231 e. The van der Waals surface area contributed by atoms with Crippen LogP contribution in [0.15, 0.2) is 73.1 Å². The number of aromatic amines is 1. The van der Waals surface area contributed by atoms with Gasteiger partial charge in [-0.3, -0.25) is 4.40 Å². The first kappa shape index (κ1) is 16.3. The van der Waals surface area contributed by atoms with Crippen LogP contribution in [0, 0.1) is 4.64 Å². The van der Waals surface area contributed by atoms with Crippen LogP contribution in [0.1, 0.15) is 0 Å². The monoisotopic (exact) mass is 397 g/mol. The molecule has 0 bridgehead atoms. The second kappa shape index (κ2) is 6.18. The predicted octanol–water partition coefficient (Wildman–Crippen LogP) is 5.61. The summed E-state index contributed by atoms with van der Waals surface area (Å²) in [7, 11) is 0. The van der Waals surface area contributed by atoms with E-state index in [0.717, 1.165) is 33.9 Å². The molecule has 1 N–H and O–H groups in total. The number of benzene rings is 3. The highest BCUT2D eigenvalue weighted by molar-refractivity contribution is 7.71. The van der Waals surface area contributed by atoms with Crippen molar-refractivity contribution in [2.45, 2.75) is 0 Å². The van der Waals surface area contributed by atoms with Crippen molar-refractivity contribution in [1.82, 2.24) is 14.4 Å². The van der Waals surface area contributed by atoms with E-state index < -0.39 is 0 Å². The number of hydrogen-bond donors (Lipinski definition) is 1. The zero-order valence-corrected chi connectivity index (χ0v) is 16.1. The minimum absolute atomic E-state index is 0.257. The van der Waals surface area contributed by atoms with Crippen molar-refractivity contribution < 1.29 is 9.47 Å². The Bertz CT molecular complexity index is 1470. The second-order valence-corrected chi connectivity index (χ2v) is 7.36. The molecule has 5 aromatic rings. The molecule has 0 radical (unpaired) electrons. The van der Waals surface area contributed by atoms with Crippen LogP contribution < -0.4 is 9.47 Å². The van der Waals surface area contributed by atoms with Crippen LogP contribution in [0.25, 0.3) is 38.9 Å². The molecular weight excluding hydrogens is 382 g/mol. The average Bonchev–Trinajstić information content (AvgIpc) is 3.40. The molecule has 140 valence electrons. The molecule has 1 aliphatic heterocycles. The Morgan fingerprint density at radius 2 is 1.72 bits per heavy atom. The summed E-state index contributed by atoms with van der Waals surface area (Å²) < 4.78 is 13.5. The van der Waals surface area contributed by atoms with E-state index in [-0.39, 0.29) is 6.79 Å². The Morgan fingerprint density at radius 3 is 2.66 bits per heavy atom. The van der Waals surface area contributed by atoms with Gasteiger partial charge in [0.2, 0.25) is 12.6 Å². The highest BCUT2D eigenvalue weighted by Gasteiger charge is 2.15. The second-order valence-electron chi connectivity index (χ2n) is 6.97. The molecule has 2 aromatic heterocycles. The predicted molar refractivity (Wildman–Crippen MR) is 115 cm³/mol. The lowest BCUT2D eigenvalue weighted by atomic mass is 10.0. The third kappa shape index (κ3) is 2.61. The molecule has 1 aliphatic rings. The summed E-state index contributed by atoms with van der Waals surface area (Å²) in [5, 5.41) is 2.38. The molecule has 6 rings (SSSR count). The zero-order valence-electron chi connectivity index (χ0n) is 15.3. The lowest BCUT2D eigenvalue weighted by molar-refractivity contribution is 0.174. The first-order valence-corrected chi connectivity index (χ1v) is 9.67. The number of H-pyrrole nitrogens is 1. The maximum absolute atomic E-state index is 5.80. The van der Waals surface area contributed by atoms with Crippen molar-refractivity contribution >= 4 is 28.8 Å². The standard InChI is InChI=1S/C23H15N3O2S/c29-22-18(16-6-5-14-3-1-2-4-15(14)9-16)11-24-23-25-19(12-26(22)23)17-7-8-20-21(10-17)28-13-27-20/h1-12H,13H2,(H,24,25). The Morgan fingerprint density at radius 1 is 0.897 bits per heavy atom. The Balaban J connectivity index is 1.48. The van der Waals surface area contributed by atoms with Crippen LogP contribution in [-0.2, 0) is 0 Å². The van der Waals surface area contributed by atoms with Gasteiger partial charge in [-0.25, -0.2) is 4.98 Å². The van der Waals surface area contributed by atoms with Crippen LogP contribution in [0.3, 0.4) is 0 Å². The number of imidazole rings is 1. The highest BCUT2D eigenvalue weighted by atomic mass is 32.1. The topological polar surface area (TPSA) is 51.5 Å². The molecule has 0 saturated heterocycles. The van der Waals surface area contributed by atoms with Gasteiger partial charge in [0.05, 0.1) is 5.69 Å². The molecule has 6 heteroatoms. The molecule has 3 heterocycles. The van der Waals surface area contributed by atoms with Gasteiger partial charge in [-0.1, -0.05) is 48.6 Å². The fourth-order valence-electron chi connectivity index (χ4n) is 3.73. The number of ether oxygens (including phenoxy) is 2. The van der Waals surface area contributed by atoms with Gasteiger partial charge in [0.25, 0.3) is 0 Å². The molecule has 3 aromatic carbocycles. The van der Waals surface area contributed by atoms with E-state index in [1.165, 1.54) is 10.8 Å². The molecule has 5 nitrogen and oxygen atoms in total. The summed E-state index contributed by atoms with van der Waals surface area (Å²) in [6, 6.07) is 20.5. The van der Waals surface area contributed by atoms with Gasteiger partial charge in [0.1, 0.15) is 4.64 Å². The molecule has 0 fully saturated rings. The lowest BCUT2D eigenvalue weighted by Gasteiger charge is -2.05. The maximum Gasteiger partial charge on any atom is 0.231 e. The van der Waals surface area contributed by atoms with Crippen LogP contribution >= 0.6 is 12.2 Å². The Kier molecular flexibility index (Phi) is 3.48. The van der Waals surface area contributed by atoms with Crippen LogP contribution in [0.5, 0.6) is 11.5 Å². The zero-order chi connectivity index (χ0) is 19.4. The molecular formula is C23H15N3O2S. The molecule has 29 heavy (non-hydrogen) atoms. The van der Waals surface area contributed by atoms with Gasteiger partial charge >= 0.3 is 0 Å². The van der Waals surface area contributed by atoms with E-state index in [1.54, 1.807) is 0 Å². The van der Waals surface area contributed by atoms with E-state index >= 15 is 0 Å². The molecule has 0 atom stereocenters. The van der Waals surface area contributed by atoms with Gasteiger partial charge in [0, 0.05) is 23.5 Å². The van der Waals surface area contributed by atoms with Crippen molar-refractivity contribution in [3.05, 3.63) is 77.7 Å². The minimum atomic E-state index is 0.257. The van der Waals surface area contributed by atoms with E-state index in [2.05, 4.69) is 40.3 Å². The third-order valence-corrected chi connectivity index (χ3v) is 5.66. The highest BCUT2D eigenvalue weighted by Crippen LogP contribution is 2.36. The summed E-state index contributed by atoms with van der Waals surface area (Å²) in [6.07, 6.45) is 3.81. The van der Waals surface area contributed by atoms with E-state index in [0.29, 0.717) is 10.4 Å². The van der Waals surface area contributed by atoms with Crippen LogP contribution in [-0.4, -0.2) is 21.2 Å². The largest absolute Gasteiger partial charge is 0.454 e. The van der Waals surface area contributed by atoms with Crippen LogP contribution in [0.2, 0.25) is 0 Å². The Hall–Kier alpha value is -3.64. The number of rotatable bonds is 2. The lowest BCUT2D eigenvalue weighted by Crippen LogP contribution is -1.92. The van der Waals surface area contributed by atoms with Gasteiger partial charge in [-0.2, -0.15) is 0 Å². The fourth-order valence-corrected chi connectivity index (χ4v) is 4.04. The molecule has 0 unspecified atom stereocenters. The van der Waals surface area contributed by atoms with Crippen molar-refractivity contribution in [2.75, 3.05) is 6.79 Å². The van der Waals surface area contributed by atoms with Crippen LogP contribution in [0.4, 0.5) is 0 Å². The van der Waals surface area contributed by atoms with Crippen molar-refractivity contribution in [2.24, 2.45) is 0 Å². The maximum atomic E-state index is 5.80. The third-order valence-electron chi connectivity index (χ3n) is 5.24. The van der Waals surface area contributed by atoms with Crippen molar-refractivity contribution in [1.29, 1.82) is 0 Å². The van der Waals surface area contributed by atoms with Gasteiger partial charge in [-0.15, -0.1) is 0 Å². The quantitative estimate of drug-likeness (QED) is 0.394. The summed E-state index contributed by atoms with van der Waals surface area (Å²) in [6.45, 7) is 0.257. The van der Waals surface area contributed by atoms with Crippen molar-refractivity contribution in [3.8, 4) is 33.9 Å². The molecule has 0 saturated carbocycles. The molecule has 0 aliphatic carbocycles. The van der Waals surface area contributed by atoms with Crippen molar-refractivity contribution in [3.63, 3.8) is 0 Å². The van der Waals surface area contributed by atoms with Gasteiger partial charge < -0.3 is 14.5 Å². The Labute approximate surface area is 171 Å². The minimum Gasteiger partial charge on any atom is -0.454 e. The summed E-state index contributed by atoms with van der Waals surface area (Å²) >= 11 is 5.80. The molecule has 0 spiro atoms. The number of nitrogens with zero attached hydrogens (tertiary/aromatic N) is 2. The summed E-state index contributed by atoms with van der Waals surface area (Å²) in [5.74, 6) is 2.21. The average molecular weight is 397 g/mol. The number of aromatic nitrogens is 3.